The molecule has 5 nitrogen and oxygen atoms in total. The smallest absolute Gasteiger partial charge is 0.274 e. The van der Waals surface area contributed by atoms with E-state index in [0.717, 1.165) is 11.3 Å². The standard InChI is InChI=1S/C20H28ClN3O2/c1-13(2)17-11-16(22-24(17)20(3,4)5)19(25)23(6)12-14-10-15(21)8-9-18(14)26-7/h8-11,13H,12H2,1-7H3. The van der Waals surface area contributed by atoms with Crippen molar-refractivity contribution in [3.05, 3.63) is 46.2 Å². The molecule has 142 valence electrons. The second kappa shape index (κ2) is 7.70. The number of carbonyl (C=O) groups excluding carboxylic acids is 1. The van der Waals surface area contributed by atoms with Gasteiger partial charge in [0.15, 0.2) is 5.69 Å². The van der Waals surface area contributed by atoms with Crippen molar-refractivity contribution in [3.8, 4) is 5.75 Å². The van der Waals surface area contributed by atoms with Crippen LogP contribution in [0.3, 0.4) is 0 Å². The maximum Gasteiger partial charge on any atom is 0.274 e. The fraction of sp³-hybridized carbons (Fsp3) is 0.500. The zero-order chi connectivity index (χ0) is 19.6. The Morgan fingerprint density at radius 1 is 1.31 bits per heavy atom. The summed E-state index contributed by atoms with van der Waals surface area (Å²) >= 11 is 6.09. The maximum absolute atomic E-state index is 12.9. The van der Waals surface area contributed by atoms with Crippen LogP contribution in [0.4, 0.5) is 0 Å². The van der Waals surface area contributed by atoms with Crippen LogP contribution in [0.1, 0.15) is 62.3 Å². The van der Waals surface area contributed by atoms with E-state index < -0.39 is 0 Å². The average Bonchev–Trinajstić information content (AvgIpc) is 3.00. The van der Waals surface area contributed by atoms with Crippen molar-refractivity contribution in [2.24, 2.45) is 0 Å². The Hall–Kier alpha value is -2.01. The van der Waals surface area contributed by atoms with Crippen molar-refractivity contribution >= 4 is 17.5 Å². The lowest BCUT2D eigenvalue weighted by atomic mass is 10.1. The fourth-order valence-corrected chi connectivity index (χ4v) is 3.04. The lowest BCUT2D eigenvalue weighted by molar-refractivity contribution is 0.0776. The fourth-order valence-electron chi connectivity index (χ4n) is 2.84. The summed E-state index contributed by atoms with van der Waals surface area (Å²) in [5, 5.41) is 5.21. The Balaban J connectivity index is 2.30. The Labute approximate surface area is 160 Å². The molecule has 2 rings (SSSR count). The minimum absolute atomic E-state index is 0.128. The van der Waals surface area contributed by atoms with Gasteiger partial charge in [-0.15, -0.1) is 0 Å². The molecule has 26 heavy (non-hydrogen) atoms. The molecule has 0 fully saturated rings. The first-order valence-electron chi connectivity index (χ1n) is 8.73. The summed E-state index contributed by atoms with van der Waals surface area (Å²) in [6, 6.07) is 7.29. The van der Waals surface area contributed by atoms with Gasteiger partial charge in [0.2, 0.25) is 0 Å². The van der Waals surface area contributed by atoms with Gasteiger partial charge in [0.05, 0.1) is 12.6 Å². The van der Waals surface area contributed by atoms with Crippen LogP contribution < -0.4 is 4.74 Å². The highest BCUT2D eigenvalue weighted by atomic mass is 35.5. The molecule has 0 aliphatic carbocycles. The molecule has 1 aromatic carbocycles. The van der Waals surface area contributed by atoms with Crippen LogP contribution in [-0.4, -0.2) is 34.7 Å². The molecule has 1 amide bonds. The van der Waals surface area contributed by atoms with Crippen LogP contribution >= 0.6 is 11.6 Å². The highest BCUT2D eigenvalue weighted by molar-refractivity contribution is 6.30. The quantitative estimate of drug-likeness (QED) is 0.759. The zero-order valence-electron chi connectivity index (χ0n) is 16.6. The molecule has 0 saturated carbocycles. The summed E-state index contributed by atoms with van der Waals surface area (Å²) < 4.78 is 7.31. The third kappa shape index (κ3) is 4.39. The van der Waals surface area contributed by atoms with Crippen molar-refractivity contribution in [2.75, 3.05) is 14.2 Å². The van der Waals surface area contributed by atoms with Gasteiger partial charge in [0.1, 0.15) is 5.75 Å². The Bertz CT molecular complexity index is 791. The van der Waals surface area contributed by atoms with E-state index >= 15 is 0 Å². The van der Waals surface area contributed by atoms with E-state index in [9.17, 15) is 4.79 Å². The lowest BCUT2D eigenvalue weighted by Crippen LogP contribution is -2.29. The van der Waals surface area contributed by atoms with Gasteiger partial charge in [-0.3, -0.25) is 9.48 Å². The Morgan fingerprint density at radius 3 is 2.46 bits per heavy atom. The number of amides is 1. The molecule has 0 spiro atoms. The third-order valence-corrected chi connectivity index (χ3v) is 4.41. The number of ether oxygens (including phenoxy) is 1. The predicted molar refractivity (Wildman–Crippen MR) is 105 cm³/mol. The number of aromatic nitrogens is 2. The summed E-state index contributed by atoms with van der Waals surface area (Å²) in [6.45, 7) is 10.9. The van der Waals surface area contributed by atoms with Crippen molar-refractivity contribution in [1.82, 2.24) is 14.7 Å². The summed E-state index contributed by atoms with van der Waals surface area (Å²) in [5.41, 5.74) is 2.17. The monoisotopic (exact) mass is 377 g/mol. The van der Waals surface area contributed by atoms with Gasteiger partial charge < -0.3 is 9.64 Å². The van der Waals surface area contributed by atoms with E-state index in [0.29, 0.717) is 23.0 Å². The van der Waals surface area contributed by atoms with Crippen LogP contribution in [0.25, 0.3) is 0 Å². The SMILES string of the molecule is COc1ccc(Cl)cc1CN(C)C(=O)c1cc(C(C)C)n(C(C)(C)C)n1. The number of hydrogen-bond donors (Lipinski definition) is 0. The molecule has 0 atom stereocenters. The third-order valence-electron chi connectivity index (χ3n) is 4.18. The minimum atomic E-state index is -0.188. The van der Waals surface area contributed by atoms with E-state index in [4.69, 9.17) is 16.3 Å². The molecule has 0 N–H and O–H groups in total. The molecule has 0 saturated heterocycles. The molecule has 1 heterocycles. The number of carbonyl (C=O) groups is 1. The highest BCUT2D eigenvalue weighted by Gasteiger charge is 2.25. The first-order valence-corrected chi connectivity index (χ1v) is 9.10. The maximum atomic E-state index is 12.9. The van der Waals surface area contributed by atoms with E-state index in [1.54, 1.807) is 31.2 Å². The summed E-state index contributed by atoms with van der Waals surface area (Å²) in [5.74, 6) is 0.857. The first-order chi connectivity index (χ1) is 12.0. The molecule has 1 aromatic heterocycles. The topological polar surface area (TPSA) is 47.4 Å². The van der Waals surface area contributed by atoms with Crippen LogP contribution in [0.2, 0.25) is 5.02 Å². The van der Waals surface area contributed by atoms with Crippen LogP contribution in [0.5, 0.6) is 5.75 Å². The molecule has 0 aliphatic heterocycles. The molecule has 2 aromatic rings. The van der Waals surface area contributed by atoms with Gasteiger partial charge in [-0.1, -0.05) is 25.4 Å². The van der Waals surface area contributed by atoms with Crippen LogP contribution in [0, 0.1) is 0 Å². The summed E-state index contributed by atoms with van der Waals surface area (Å²) in [4.78, 5) is 14.6. The molecule has 6 heteroatoms. The molecule has 0 radical (unpaired) electrons. The number of rotatable bonds is 5. The number of benzene rings is 1. The predicted octanol–water partition coefficient (Wildman–Crippen LogP) is 4.70. The molecule has 0 bridgehead atoms. The second-order valence-corrected chi connectivity index (χ2v) is 8.25. The normalized spacial score (nSPS) is 11.7. The van der Waals surface area contributed by atoms with Gasteiger partial charge in [-0.25, -0.2) is 0 Å². The first kappa shape index (κ1) is 20.3. The van der Waals surface area contributed by atoms with Crippen molar-refractivity contribution in [1.29, 1.82) is 0 Å². The van der Waals surface area contributed by atoms with E-state index in [2.05, 4.69) is 39.7 Å². The largest absolute Gasteiger partial charge is 0.496 e. The number of methoxy groups -OCH3 is 1. The summed E-state index contributed by atoms with van der Waals surface area (Å²) in [6.07, 6.45) is 0. The Kier molecular flexibility index (Phi) is 6.02. The van der Waals surface area contributed by atoms with Crippen molar-refractivity contribution < 1.29 is 9.53 Å². The van der Waals surface area contributed by atoms with E-state index in [-0.39, 0.29) is 17.4 Å². The van der Waals surface area contributed by atoms with E-state index in [1.165, 1.54) is 0 Å². The number of hydrogen-bond acceptors (Lipinski definition) is 3. The van der Waals surface area contributed by atoms with E-state index in [1.807, 2.05) is 16.8 Å². The Morgan fingerprint density at radius 2 is 1.96 bits per heavy atom. The molecule has 0 aliphatic rings. The minimum Gasteiger partial charge on any atom is -0.496 e. The average molecular weight is 378 g/mol. The van der Waals surface area contributed by atoms with Crippen molar-refractivity contribution in [2.45, 2.75) is 52.6 Å². The van der Waals surface area contributed by atoms with Gasteiger partial charge >= 0.3 is 0 Å². The van der Waals surface area contributed by atoms with Gasteiger partial charge in [-0.05, 0) is 51.0 Å². The van der Waals surface area contributed by atoms with Gasteiger partial charge in [0.25, 0.3) is 5.91 Å². The number of nitrogens with zero attached hydrogens (tertiary/aromatic N) is 3. The lowest BCUT2D eigenvalue weighted by Gasteiger charge is -2.23. The molecular weight excluding hydrogens is 350 g/mol. The summed E-state index contributed by atoms with van der Waals surface area (Å²) in [7, 11) is 3.36. The van der Waals surface area contributed by atoms with Gasteiger partial charge in [0, 0.05) is 29.9 Å². The van der Waals surface area contributed by atoms with Gasteiger partial charge in [-0.2, -0.15) is 5.10 Å². The molecular formula is C20H28ClN3O2. The zero-order valence-corrected chi connectivity index (χ0v) is 17.4. The molecule has 0 unspecified atom stereocenters. The van der Waals surface area contributed by atoms with Crippen molar-refractivity contribution in [3.63, 3.8) is 0 Å². The second-order valence-electron chi connectivity index (χ2n) is 7.81. The van der Waals surface area contributed by atoms with Crippen LogP contribution in [-0.2, 0) is 12.1 Å². The van der Waals surface area contributed by atoms with Crippen LogP contribution in [0.15, 0.2) is 24.3 Å². The highest BCUT2D eigenvalue weighted by Crippen LogP contribution is 2.26. The number of halogens is 1.